The summed E-state index contributed by atoms with van der Waals surface area (Å²) in [6.45, 7) is 0. The van der Waals surface area contributed by atoms with Crippen molar-refractivity contribution in [1.29, 1.82) is 0 Å². The molecular formula is C13H7F5N2S. The van der Waals surface area contributed by atoms with E-state index in [1.165, 1.54) is 12.1 Å². The summed E-state index contributed by atoms with van der Waals surface area (Å²) in [5, 5.41) is 4.19. The van der Waals surface area contributed by atoms with Gasteiger partial charge < -0.3 is 10.6 Å². The first-order valence-electron chi connectivity index (χ1n) is 5.55. The molecule has 0 aliphatic carbocycles. The fourth-order valence-corrected chi connectivity index (χ4v) is 1.71. The Kier molecular flexibility index (Phi) is 4.37. The number of halogens is 5. The first kappa shape index (κ1) is 15.2. The standard InChI is InChI=1S/C13H7F5N2S/c14-6-1-3-7(4-2-6)19-13(21)20-12-10(17)8(15)5-9(16)11(12)18/h1-5H,(H2,19,20,21). The Morgan fingerprint density at radius 3 is 1.86 bits per heavy atom. The van der Waals surface area contributed by atoms with Crippen LogP contribution in [0.4, 0.5) is 33.3 Å². The van der Waals surface area contributed by atoms with Gasteiger partial charge in [0.2, 0.25) is 0 Å². The van der Waals surface area contributed by atoms with E-state index in [1.54, 1.807) is 0 Å². The monoisotopic (exact) mass is 318 g/mol. The minimum Gasteiger partial charge on any atom is -0.332 e. The predicted molar refractivity (Wildman–Crippen MR) is 72.5 cm³/mol. The third-order valence-corrected chi connectivity index (χ3v) is 2.66. The normalized spacial score (nSPS) is 10.3. The molecule has 0 aliphatic heterocycles. The fourth-order valence-electron chi connectivity index (χ4n) is 1.49. The van der Waals surface area contributed by atoms with Gasteiger partial charge in [-0.1, -0.05) is 0 Å². The quantitative estimate of drug-likeness (QED) is 0.493. The van der Waals surface area contributed by atoms with E-state index in [1.807, 2.05) is 5.32 Å². The Bertz CT molecular complexity index is 662. The Morgan fingerprint density at radius 2 is 1.33 bits per heavy atom. The van der Waals surface area contributed by atoms with Crippen LogP contribution in [0.2, 0.25) is 0 Å². The number of thiocarbonyl (C=S) groups is 1. The summed E-state index contributed by atoms with van der Waals surface area (Å²) in [7, 11) is 0. The van der Waals surface area contributed by atoms with Crippen LogP contribution in [-0.2, 0) is 0 Å². The molecule has 2 rings (SSSR count). The zero-order chi connectivity index (χ0) is 15.6. The summed E-state index contributed by atoms with van der Waals surface area (Å²) in [6, 6.07) is 5.00. The first-order chi connectivity index (χ1) is 9.88. The minimum absolute atomic E-state index is 0.0896. The molecule has 0 heterocycles. The maximum Gasteiger partial charge on any atom is 0.185 e. The van der Waals surface area contributed by atoms with Gasteiger partial charge in [0.15, 0.2) is 28.4 Å². The Morgan fingerprint density at radius 1 is 0.810 bits per heavy atom. The molecule has 110 valence electrons. The van der Waals surface area contributed by atoms with Gasteiger partial charge in [-0.15, -0.1) is 0 Å². The molecule has 0 amide bonds. The summed E-state index contributed by atoms with van der Waals surface area (Å²) in [5.41, 5.74) is -0.723. The average Bonchev–Trinajstić information content (AvgIpc) is 2.44. The summed E-state index contributed by atoms with van der Waals surface area (Å²) in [5.74, 6) is -6.79. The van der Waals surface area contributed by atoms with E-state index < -0.39 is 34.8 Å². The molecule has 2 nitrogen and oxygen atoms in total. The summed E-state index contributed by atoms with van der Waals surface area (Å²) in [6.07, 6.45) is 0. The maximum atomic E-state index is 13.4. The van der Waals surface area contributed by atoms with Gasteiger partial charge in [-0.3, -0.25) is 0 Å². The summed E-state index contributed by atoms with van der Waals surface area (Å²) >= 11 is 4.76. The van der Waals surface area contributed by atoms with Crippen LogP contribution < -0.4 is 10.6 Å². The van der Waals surface area contributed by atoms with Gasteiger partial charge in [0.1, 0.15) is 11.5 Å². The number of hydrogen-bond acceptors (Lipinski definition) is 1. The highest BCUT2D eigenvalue weighted by molar-refractivity contribution is 7.80. The molecule has 21 heavy (non-hydrogen) atoms. The van der Waals surface area contributed by atoms with E-state index in [-0.39, 0.29) is 11.2 Å². The molecule has 8 heteroatoms. The number of nitrogens with one attached hydrogen (secondary N) is 2. The van der Waals surface area contributed by atoms with Crippen molar-refractivity contribution in [2.75, 3.05) is 10.6 Å². The van der Waals surface area contributed by atoms with Crippen molar-refractivity contribution in [2.24, 2.45) is 0 Å². The second-order valence-corrected chi connectivity index (χ2v) is 4.34. The van der Waals surface area contributed by atoms with Crippen molar-refractivity contribution in [1.82, 2.24) is 0 Å². The van der Waals surface area contributed by atoms with Crippen LogP contribution in [0, 0.1) is 29.1 Å². The van der Waals surface area contributed by atoms with Crippen LogP contribution >= 0.6 is 12.2 Å². The van der Waals surface area contributed by atoms with E-state index in [4.69, 9.17) is 12.2 Å². The minimum atomic E-state index is -1.60. The van der Waals surface area contributed by atoms with Crippen molar-refractivity contribution in [3.05, 3.63) is 59.4 Å². The summed E-state index contributed by atoms with van der Waals surface area (Å²) in [4.78, 5) is 0. The number of benzene rings is 2. The zero-order valence-corrected chi connectivity index (χ0v) is 11.0. The number of anilines is 2. The lowest BCUT2D eigenvalue weighted by Gasteiger charge is -2.12. The van der Waals surface area contributed by atoms with Gasteiger partial charge in [0.25, 0.3) is 0 Å². The largest absolute Gasteiger partial charge is 0.332 e. The molecule has 0 saturated heterocycles. The topological polar surface area (TPSA) is 24.1 Å². The maximum absolute atomic E-state index is 13.4. The zero-order valence-electron chi connectivity index (χ0n) is 10.2. The molecule has 0 atom stereocenters. The van der Waals surface area contributed by atoms with E-state index >= 15 is 0 Å². The Balaban J connectivity index is 2.18. The van der Waals surface area contributed by atoms with Gasteiger partial charge in [-0.2, -0.15) is 0 Å². The second kappa shape index (κ2) is 6.04. The van der Waals surface area contributed by atoms with E-state index in [0.29, 0.717) is 5.69 Å². The predicted octanol–water partition coefficient (Wildman–Crippen LogP) is 4.19. The highest BCUT2D eigenvalue weighted by Gasteiger charge is 2.19. The molecular weight excluding hydrogens is 311 g/mol. The molecule has 0 saturated carbocycles. The van der Waals surface area contributed by atoms with Crippen molar-refractivity contribution >= 4 is 28.7 Å². The Hall–Kier alpha value is -2.22. The smallest absolute Gasteiger partial charge is 0.185 e. The molecule has 0 radical (unpaired) electrons. The van der Waals surface area contributed by atoms with E-state index in [2.05, 4.69) is 5.32 Å². The number of hydrogen-bond donors (Lipinski definition) is 2. The van der Waals surface area contributed by atoms with Gasteiger partial charge >= 0.3 is 0 Å². The van der Waals surface area contributed by atoms with Crippen molar-refractivity contribution < 1.29 is 22.0 Å². The third-order valence-electron chi connectivity index (χ3n) is 2.45. The van der Waals surface area contributed by atoms with Crippen molar-refractivity contribution in [3.63, 3.8) is 0 Å². The van der Waals surface area contributed by atoms with Crippen molar-refractivity contribution in [2.45, 2.75) is 0 Å². The van der Waals surface area contributed by atoms with Crippen molar-refractivity contribution in [3.8, 4) is 0 Å². The third kappa shape index (κ3) is 3.46. The lowest BCUT2D eigenvalue weighted by molar-refractivity contribution is 0.459. The van der Waals surface area contributed by atoms with Gasteiger partial charge in [-0.25, -0.2) is 22.0 Å². The van der Waals surface area contributed by atoms with Crippen LogP contribution in [-0.4, -0.2) is 5.11 Å². The lowest BCUT2D eigenvalue weighted by Crippen LogP contribution is -2.21. The van der Waals surface area contributed by atoms with Gasteiger partial charge in [0, 0.05) is 11.8 Å². The Labute approximate surface area is 121 Å². The molecule has 0 unspecified atom stereocenters. The highest BCUT2D eigenvalue weighted by Crippen LogP contribution is 2.24. The highest BCUT2D eigenvalue weighted by atomic mass is 32.1. The molecule has 2 aromatic carbocycles. The molecule has 2 aromatic rings. The fraction of sp³-hybridized carbons (Fsp3) is 0. The van der Waals surface area contributed by atoms with Crippen LogP contribution in [0.5, 0.6) is 0 Å². The second-order valence-electron chi connectivity index (χ2n) is 3.93. The lowest BCUT2D eigenvalue weighted by atomic mass is 10.2. The van der Waals surface area contributed by atoms with Gasteiger partial charge in [0.05, 0.1) is 0 Å². The summed E-state index contributed by atoms with van der Waals surface area (Å²) < 4.78 is 65.6. The molecule has 0 spiro atoms. The molecule has 0 aromatic heterocycles. The number of rotatable bonds is 2. The van der Waals surface area contributed by atoms with E-state index in [9.17, 15) is 22.0 Å². The molecule has 0 aliphatic rings. The SMILES string of the molecule is Fc1ccc(NC(=S)Nc2c(F)c(F)cc(F)c2F)cc1. The van der Waals surface area contributed by atoms with Crippen LogP contribution in [0.1, 0.15) is 0 Å². The first-order valence-corrected chi connectivity index (χ1v) is 5.96. The molecule has 0 fully saturated rings. The van der Waals surface area contributed by atoms with E-state index in [0.717, 1.165) is 12.1 Å². The van der Waals surface area contributed by atoms with Crippen LogP contribution in [0.15, 0.2) is 30.3 Å². The average molecular weight is 318 g/mol. The van der Waals surface area contributed by atoms with Crippen LogP contribution in [0.3, 0.4) is 0 Å². The van der Waals surface area contributed by atoms with Gasteiger partial charge in [-0.05, 0) is 36.5 Å². The van der Waals surface area contributed by atoms with Crippen LogP contribution in [0.25, 0.3) is 0 Å². The molecule has 2 N–H and O–H groups in total. The molecule has 0 bridgehead atoms.